The van der Waals surface area contributed by atoms with E-state index >= 15 is 0 Å². The number of hydrogen-bond donors (Lipinski definition) is 1. The molecule has 0 spiro atoms. The van der Waals surface area contributed by atoms with Crippen LogP contribution in [0.2, 0.25) is 0 Å². The van der Waals surface area contributed by atoms with Crippen LogP contribution in [0.5, 0.6) is 0 Å². The molecule has 78 valence electrons. The van der Waals surface area contributed by atoms with Gasteiger partial charge in [0.05, 0.1) is 6.04 Å². The van der Waals surface area contributed by atoms with Gasteiger partial charge in [0.15, 0.2) is 4.77 Å². The maximum atomic E-state index is 13.0. The number of rotatable bonds is 2. The van der Waals surface area contributed by atoms with Gasteiger partial charge in [-0.3, -0.25) is 0 Å². The molecule has 0 amide bonds. The normalized spacial score (nSPS) is 12.7. The monoisotopic (exact) mass is 222 g/mol. The molecule has 2 aromatic rings. The van der Waals surface area contributed by atoms with E-state index in [9.17, 15) is 4.39 Å². The lowest BCUT2D eigenvalue weighted by atomic mass is 10.1. The topological polar surface area (TPSA) is 20.7 Å². The van der Waals surface area contributed by atoms with Crippen molar-refractivity contribution in [1.82, 2.24) is 9.55 Å². The number of aromatic amines is 1. The summed E-state index contributed by atoms with van der Waals surface area (Å²) in [4.78, 5) is 2.92. The maximum absolute atomic E-state index is 13.0. The number of H-pyrrole nitrogens is 1. The van der Waals surface area contributed by atoms with Crippen molar-refractivity contribution in [2.75, 3.05) is 0 Å². The van der Waals surface area contributed by atoms with Crippen LogP contribution < -0.4 is 0 Å². The fourth-order valence-corrected chi connectivity index (χ4v) is 1.85. The standard InChI is InChI=1S/C11H11FN2S/c1-8(14-6-5-13-11(14)15)9-3-2-4-10(12)7-9/h2-8H,1H3,(H,13,15). The number of hydrogen-bond acceptors (Lipinski definition) is 1. The summed E-state index contributed by atoms with van der Waals surface area (Å²) >= 11 is 5.11. The second kappa shape index (κ2) is 3.98. The third-order valence-electron chi connectivity index (χ3n) is 2.42. The van der Waals surface area contributed by atoms with Gasteiger partial charge in [0, 0.05) is 12.4 Å². The molecule has 0 aliphatic heterocycles. The SMILES string of the molecule is CC(c1cccc(F)c1)n1cc[nH]c1=S. The largest absolute Gasteiger partial charge is 0.337 e. The Bertz CT molecular complexity index is 515. The number of benzene rings is 1. The average Bonchev–Trinajstić information content (AvgIpc) is 2.63. The van der Waals surface area contributed by atoms with E-state index in [1.165, 1.54) is 12.1 Å². The highest BCUT2D eigenvalue weighted by molar-refractivity contribution is 7.71. The van der Waals surface area contributed by atoms with E-state index in [1.54, 1.807) is 12.3 Å². The van der Waals surface area contributed by atoms with Gasteiger partial charge in [-0.05, 0) is 36.8 Å². The molecule has 0 saturated heterocycles. The highest BCUT2D eigenvalue weighted by Gasteiger charge is 2.08. The lowest BCUT2D eigenvalue weighted by molar-refractivity contribution is 0.601. The molecule has 2 nitrogen and oxygen atoms in total. The molecular weight excluding hydrogens is 211 g/mol. The zero-order valence-corrected chi connectivity index (χ0v) is 9.09. The van der Waals surface area contributed by atoms with Crippen LogP contribution >= 0.6 is 12.2 Å². The minimum atomic E-state index is -0.221. The van der Waals surface area contributed by atoms with E-state index in [0.29, 0.717) is 4.77 Å². The fourth-order valence-electron chi connectivity index (χ4n) is 1.56. The number of nitrogens with zero attached hydrogens (tertiary/aromatic N) is 1. The highest BCUT2D eigenvalue weighted by atomic mass is 32.1. The predicted octanol–water partition coefficient (Wildman–Crippen LogP) is 3.29. The van der Waals surface area contributed by atoms with Gasteiger partial charge < -0.3 is 9.55 Å². The summed E-state index contributed by atoms with van der Waals surface area (Å²) in [5, 5.41) is 0. The Kier molecular flexibility index (Phi) is 2.68. The molecule has 4 heteroatoms. The molecule has 1 atom stereocenters. The second-order valence-corrected chi connectivity index (χ2v) is 3.79. The van der Waals surface area contributed by atoms with Crippen LogP contribution in [0.15, 0.2) is 36.7 Å². The Morgan fingerprint density at radius 2 is 2.27 bits per heavy atom. The molecule has 2 rings (SSSR count). The predicted molar refractivity (Wildman–Crippen MR) is 59.8 cm³/mol. The Morgan fingerprint density at radius 3 is 2.87 bits per heavy atom. The third kappa shape index (κ3) is 1.99. The van der Waals surface area contributed by atoms with Gasteiger partial charge in [-0.15, -0.1) is 0 Å². The van der Waals surface area contributed by atoms with Crippen LogP contribution in [-0.4, -0.2) is 9.55 Å². The van der Waals surface area contributed by atoms with Gasteiger partial charge in [-0.1, -0.05) is 12.1 Å². The van der Waals surface area contributed by atoms with Crippen LogP contribution in [-0.2, 0) is 0 Å². The van der Waals surface area contributed by atoms with Crippen LogP contribution in [0.3, 0.4) is 0 Å². The number of imidazole rings is 1. The molecule has 1 heterocycles. The van der Waals surface area contributed by atoms with Crippen molar-refractivity contribution >= 4 is 12.2 Å². The molecule has 0 radical (unpaired) electrons. The van der Waals surface area contributed by atoms with E-state index < -0.39 is 0 Å². The first-order valence-electron chi connectivity index (χ1n) is 4.69. The molecule has 0 aliphatic rings. The molecular formula is C11H11FN2S. The van der Waals surface area contributed by atoms with Crippen LogP contribution in [0.25, 0.3) is 0 Å². The summed E-state index contributed by atoms with van der Waals surface area (Å²) in [7, 11) is 0. The van der Waals surface area contributed by atoms with E-state index in [1.807, 2.05) is 23.8 Å². The fraction of sp³-hybridized carbons (Fsp3) is 0.182. The van der Waals surface area contributed by atoms with Gasteiger partial charge in [0.1, 0.15) is 5.82 Å². The smallest absolute Gasteiger partial charge is 0.177 e. The minimum Gasteiger partial charge on any atom is -0.337 e. The van der Waals surface area contributed by atoms with E-state index in [-0.39, 0.29) is 11.9 Å². The Hall–Kier alpha value is -1.42. The molecule has 1 aromatic carbocycles. The summed E-state index contributed by atoms with van der Waals surface area (Å²) in [5.74, 6) is -0.221. The molecule has 0 aliphatic carbocycles. The summed E-state index contributed by atoms with van der Waals surface area (Å²) in [5.41, 5.74) is 0.908. The lowest BCUT2D eigenvalue weighted by Gasteiger charge is -2.13. The van der Waals surface area contributed by atoms with Crippen molar-refractivity contribution in [2.45, 2.75) is 13.0 Å². The van der Waals surface area contributed by atoms with Crippen molar-refractivity contribution in [3.05, 3.63) is 52.8 Å². The van der Waals surface area contributed by atoms with Crippen LogP contribution in [0, 0.1) is 10.6 Å². The number of nitrogens with one attached hydrogen (secondary N) is 1. The third-order valence-corrected chi connectivity index (χ3v) is 2.75. The van der Waals surface area contributed by atoms with E-state index in [2.05, 4.69) is 4.98 Å². The molecule has 1 aromatic heterocycles. The molecule has 0 saturated carbocycles. The first-order chi connectivity index (χ1) is 7.18. The van der Waals surface area contributed by atoms with Crippen molar-refractivity contribution < 1.29 is 4.39 Å². The van der Waals surface area contributed by atoms with Crippen molar-refractivity contribution in [3.8, 4) is 0 Å². The van der Waals surface area contributed by atoms with Gasteiger partial charge in [0.2, 0.25) is 0 Å². The second-order valence-electron chi connectivity index (χ2n) is 3.40. The highest BCUT2D eigenvalue weighted by Crippen LogP contribution is 2.18. The molecule has 0 fully saturated rings. The Labute approximate surface area is 92.4 Å². The number of halogens is 1. The van der Waals surface area contributed by atoms with Gasteiger partial charge in [-0.25, -0.2) is 4.39 Å². The van der Waals surface area contributed by atoms with Gasteiger partial charge >= 0.3 is 0 Å². The van der Waals surface area contributed by atoms with E-state index in [4.69, 9.17) is 12.2 Å². The number of aromatic nitrogens is 2. The average molecular weight is 222 g/mol. The zero-order valence-electron chi connectivity index (χ0n) is 8.27. The van der Waals surface area contributed by atoms with E-state index in [0.717, 1.165) is 5.56 Å². The van der Waals surface area contributed by atoms with Crippen molar-refractivity contribution in [2.24, 2.45) is 0 Å². The van der Waals surface area contributed by atoms with Gasteiger partial charge in [-0.2, -0.15) is 0 Å². The first-order valence-corrected chi connectivity index (χ1v) is 5.10. The summed E-state index contributed by atoms with van der Waals surface area (Å²) in [6.45, 7) is 1.98. The lowest BCUT2D eigenvalue weighted by Crippen LogP contribution is -2.05. The van der Waals surface area contributed by atoms with Gasteiger partial charge in [0.25, 0.3) is 0 Å². The quantitative estimate of drug-likeness (QED) is 0.773. The van der Waals surface area contributed by atoms with Crippen molar-refractivity contribution in [1.29, 1.82) is 0 Å². The first kappa shape index (κ1) is 10.1. The maximum Gasteiger partial charge on any atom is 0.177 e. The molecule has 1 N–H and O–H groups in total. The Balaban J connectivity index is 2.41. The molecule has 1 unspecified atom stereocenters. The minimum absolute atomic E-state index is 0.0412. The molecule has 0 bridgehead atoms. The Morgan fingerprint density at radius 1 is 1.47 bits per heavy atom. The van der Waals surface area contributed by atoms with Crippen LogP contribution in [0.4, 0.5) is 4.39 Å². The summed E-state index contributed by atoms with van der Waals surface area (Å²) < 4.78 is 15.6. The summed E-state index contributed by atoms with van der Waals surface area (Å²) in [6.07, 6.45) is 3.63. The summed E-state index contributed by atoms with van der Waals surface area (Å²) in [6, 6.07) is 6.60. The molecule has 15 heavy (non-hydrogen) atoms. The zero-order chi connectivity index (χ0) is 10.8. The van der Waals surface area contributed by atoms with Crippen LogP contribution in [0.1, 0.15) is 18.5 Å². The van der Waals surface area contributed by atoms with Crippen molar-refractivity contribution in [3.63, 3.8) is 0 Å².